The van der Waals surface area contributed by atoms with E-state index in [9.17, 15) is 0 Å². The molecular weight excluding hydrogens is 238 g/mol. The number of nitrogens with one attached hydrogen (secondary N) is 1. The van der Waals surface area contributed by atoms with Gasteiger partial charge in [-0.2, -0.15) is 11.8 Å². The van der Waals surface area contributed by atoms with E-state index in [1.807, 2.05) is 0 Å². The molecule has 2 fully saturated rings. The zero-order valence-electron chi connectivity index (χ0n) is 12.0. The van der Waals surface area contributed by atoms with Crippen molar-refractivity contribution in [3.05, 3.63) is 0 Å². The molecule has 1 aliphatic heterocycles. The number of hydrogen-bond acceptors (Lipinski definition) is 2. The minimum atomic E-state index is 0.999. The highest BCUT2D eigenvalue weighted by Gasteiger charge is 2.21. The second-order valence-electron chi connectivity index (χ2n) is 6.19. The maximum absolute atomic E-state index is 3.62. The van der Waals surface area contributed by atoms with Crippen LogP contribution in [0.15, 0.2) is 0 Å². The molecule has 0 amide bonds. The lowest BCUT2D eigenvalue weighted by molar-refractivity contribution is 0.292. The average Bonchev–Trinajstić information content (AvgIpc) is 2.61. The van der Waals surface area contributed by atoms with Gasteiger partial charge in [0.2, 0.25) is 0 Å². The van der Waals surface area contributed by atoms with Crippen LogP contribution in [0.5, 0.6) is 0 Å². The first-order chi connectivity index (χ1) is 8.97. The van der Waals surface area contributed by atoms with E-state index in [4.69, 9.17) is 0 Å². The maximum Gasteiger partial charge on any atom is -0.00360 e. The zero-order chi connectivity index (χ0) is 12.5. The second kappa shape index (κ2) is 9.25. The van der Waals surface area contributed by atoms with Crippen molar-refractivity contribution >= 4 is 11.8 Å². The van der Waals surface area contributed by atoms with Crippen molar-refractivity contribution in [1.29, 1.82) is 0 Å². The summed E-state index contributed by atoms with van der Waals surface area (Å²) in [7, 11) is 0. The van der Waals surface area contributed by atoms with Crippen LogP contribution in [0.25, 0.3) is 0 Å². The first kappa shape index (κ1) is 14.7. The SMILES string of the molecule is C1CCCCC(C2CCNCCCSC2)CCC1. The van der Waals surface area contributed by atoms with Gasteiger partial charge in [0.05, 0.1) is 0 Å². The van der Waals surface area contributed by atoms with Gasteiger partial charge in [0.15, 0.2) is 0 Å². The summed E-state index contributed by atoms with van der Waals surface area (Å²) >= 11 is 2.22. The summed E-state index contributed by atoms with van der Waals surface area (Å²) in [5.74, 6) is 4.84. The molecule has 0 spiro atoms. The lowest BCUT2D eigenvalue weighted by Crippen LogP contribution is -2.23. The first-order valence-corrected chi connectivity index (χ1v) is 9.41. The molecule has 0 radical (unpaired) electrons. The predicted molar refractivity (Wildman–Crippen MR) is 83.3 cm³/mol. The number of rotatable bonds is 1. The van der Waals surface area contributed by atoms with Gasteiger partial charge >= 0.3 is 0 Å². The van der Waals surface area contributed by atoms with Gasteiger partial charge in [0.1, 0.15) is 0 Å². The fourth-order valence-electron chi connectivity index (χ4n) is 3.54. The molecule has 1 nitrogen and oxygen atoms in total. The Labute approximate surface area is 118 Å². The van der Waals surface area contributed by atoms with Gasteiger partial charge in [-0.3, -0.25) is 0 Å². The third-order valence-electron chi connectivity index (χ3n) is 4.73. The van der Waals surface area contributed by atoms with Crippen molar-refractivity contribution in [2.45, 2.75) is 64.2 Å². The Bertz CT molecular complexity index is 165. The summed E-state index contributed by atoms with van der Waals surface area (Å²) in [5, 5.41) is 3.62. The molecule has 1 saturated carbocycles. The third kappa shape index (κ3) is 5.52. The van der Waals surface area contributed by atoms with Crippen molar-refractivity contribution in [1.82, 2.24) is 5.32 Å². The van der Waals surface area contributed by atoms with Crippen LogP contribution in [0.1, 0.15) is 64.2 Å². The fraction of sp³-hybridized carbons (Fsp3) is 1.00. The van der Waals surface area contributed by atoms with Gasteiger partial charge in [-0.05, 0) is 49.3 Å². The van der Waals surface area contributed by atoms with Crippen molar-refractivity contribution in [3.63, 3.8) is 0 Å². The van der Waals surface area contributed by atoms with E-state index >= 15 is 0 Å². The first-order valence-electron chi connectivity index (χ1n) is 8.25. The topological polar surface area (TPSA) is 12.0 Å². The molecule has 1 atom stereocenters. The van der Waals surface area contributed by atoms with Crippen LogP contribution in [0.2, 0.25) is 0 Å². The lowest BCUT2D eigenvalue weighted by atomic mass is 9.83. The van der Waals surface area contributed by atoms with Crippen LogP contribution < -0.4 is 5.32 Å². The summed E-state index contributed by atoms with van der Waals surface area (Å²) in [4.78, 5) is 0. The van der Waals surface area contributed by atoms with Gasteiger partial charge in [0.25, 0.3) is 0 Å². The van der Waals surface area contributed by atoms with E-state index in [1.54, 1.807) is 0 Å². The minimum Gasteiger partial charge on any atom is -0.317 e. The quantitative estimate of drug-likeness (QED) is 0.754. The van der Waals surface area contributed by atoms with Crippen LogP contribution in [0, 0.1) is 11.8 Å². The smallest absolute Gasteiger partial charge is 0.00360 e. The van der Waals surface area contributed by atoms with Gasteiger partial charge < -0.3 is 5.32 Å². The molecule has 18 heavy (non-hydrogen) atoms. The van der Waals surface area contributed by atoms with E-state index < -0.39 is 0 Å². The molecule has 0 aromatic heterocycles. The van der Waals surface area contributed by atoms with E-state index in [2.05, 4.69) is 17.1 Å². The Hall–Kier alpha value is 0.310. The molecule has 1 N–H and O–H groups in total. The van der Waals surface area contributed by atoms with E-state index in [1.165, 1.54) is 88.8 Å². The van der Waals surface area contributed by atoms with Gasteiger partial charge in [-0.15, -0.1) is 0 Å². The van der Waals surface area contributed by atoms with Crippen LogP contribution in [0.4, 0.5) is 0 Å². The minimum absolute atomic E-state index is 0.999. The Kier molecular flexibility index (Phi) is 7.56. The van der Waals surface area contributed by atoms with Crippen molar-refractivity contribution in [2.75, 3.05) is 24.6 Å². The molecule has 0 aromatic rings. The van der Waals surface area contributed by atoms with Crippen LogP contribution in [0.3, 0.4) is 0 Å². The van der Waals surface area contributed by atoms with Gasteiger partial charge in [-0.1, -0.05) is 51.4 Å². The lowest BCUT2D eigenvalue weighted by Gasteiger charge is -2.26. The Balaban J connectivity index is 1.83. The molecule has 106 valence electrons. The van der Waals surface area contributed by atoms with Gasteiger partial charge in [-0.25, -0.2) is 0 Å². The highest BCUT2D eigenvalue weighted by atomic mass is 32.2. The Morgan fingerprint density at radius 2 is 1.39 bits per heavy atom. The van der Waals surface area contributed by atoms with Crippen molar-refractivity contribution in [2.24, 2.45) is 11.8 Å². The molecule has 1 heterocycles. The summed E-state index contributed by atoms with van der Waals surface area (Å²) in [6.45, 7) is 2.51. The van der Waals surface area contributed by atoms with Gasteiger partial charge in [0, 0.05) is 0 Å². The molecular formula is C16H31NS. The molecule has 2 rings (SSSR count). The molecule has 0 bridgehead atoms. The number of hydrogen-bond donors (Lipinski definition) is 1. The zero-order valence-corrected chi connectivity index (χ0v) is 12.8. The summed E-state index contributed by atoms with van der Waals surface area (Å²) < 4.78 is 0. The summed E-state index contributed by atoms with van der Waals surface area (Å²) in [6.07, 6.45) is 14.8. The molecule has 2 aliphatic rings. The molecule has 2 heteroatoms. The largest absolute Gasteiger partial charge is 0.317 e. The molecule has 1 saturated heterocycles. The number of thioether (sulfide) groups is 1. The second-order valence-corrected chi connectivity index (χ2v) is 7.34. The average molecular weight is 269 g/mol. The van der Waals surface area contributed by atoms with Crippen LogP contribution in [-0.2, 0) is 0 Å². The summed E-state index contributed by atoms with van der Waals surface area (Å²) in [5.41, 5.74) is 0. The van der Waals surface area contributed by atoms with Crippen molar-refractivity contribution in [3.8, 4) is 0 Å². The Morgan fingerprint density at radius 1 is 0.667 bits per heavy atom. The van der Waals surface area contributed by atoms with E-state index in [0.29, 0.717) is 0 Å². The highest BCUT2D eigenvalue weighted by Crippen LogP contribution is 2.32. The Morgan fingerprint density at radius 3 is 2.17 bits per heavy atom. The predicted octanol–water partition coefficient (Wildman–Crippen LogP) is 4.47. The van der Waals surface area contributed by atoms with E-state index in [-0.39, 0.29) is 0 Å². The third-order valence-corrected chi connectivity index (χ3v) is 5.97. The molecule has 1 aliphatic carbocycles. The molecule has 1 unspecified atom stereocenters. The highest BCUT2D eigenvalue weighted by molar-refractivity contribution is 7.99. The van der Waals surface area contributed by atoms with E-state index in [0.717, 1.165) is 11.8 Å². The summed E-state index contributed by atoms with van der Waals surface area (Å²) in [6, 6.07) is 0. The normalized spacial score (nSPS) is 30.3. The fourth-order valence-corrected chi connectivity index (χ4v) is 4.79. The standard InChI is InChI=1S/C16H31NS/c1-2-4-6-9-15(8-5-3-1)16-10-12-17-11-7-13-18-14-16/h15-17H,1-14H2. The van der Waals surface area contributed by atoms with Crippen LogP contribution in [-0.4, -0.2) is 24.6 Å². The monoisotopic (exact) mass is 269 g/mol. The van der Waals surface area contributed by atoms with Crippen molar-refractivity contribution < 1.29 is 0 Å². The van der Waals surface area contributed by atoms with Crippen LogP contribution >= 0.6 is 11.8 Å². The molecule has 0 aromatic carbocycles. The maximum atomic E-state index is 3.62.